The van der Waals surface area contributed by atoms with Crippen LogP contribution in [0.1, 0.15) is 36.8 Å². The minimum Gasteiger partial charge on any atom is -0.343 e. The average molecular weight is 338 g/mol. The second kappa shape index (κ2) is 6.10. The van der Waals surface area contributed by atoms with Gasteiger partial charge in [0.25, 0.3) is 0 Å². The van der Waals surface area contributed by atoms with E-state index in [1.54, 1.807) is 0 Å². The lowest BCUT2D eigenvalue weighted by molar-refractivity contribution is -0.112. The quantitative estimate of drug-likeness (QED) is 0.588. The van der Waals surface area contributed by atoms with E-state index in [4.69, 9.17) is 11.6 Å². The van der Waals surface area contributed by atoms with Gasteiger partial charge in [0.2, 0.25) is 0 Å². The van der Waals surface area contributed by atoms with Crippen LogP contribution in [0, 0.1) is 0 Å². The topological polar surface area (TPSA) is 22.0 Å². The Balaban J connectivity index is 1.86. The number of benzene rings is 2. The SMILES string of the molecule is O=CC1(c2cn(Cc3ccccc3Cl)c3ccccc23)CCCC1. The number of aromatic nitrogens is 1. The van der Waals surface area contributed by atoms with Gasteiger partial charge in [0.15, 0.2) is 0 Å². The third-order valence-electron chi connectivity index (χ3n) is 5.34. The second-order valence-electron chi connectivity index (χ2n) is 6.76. The molecule has 0 saturated heterocycles. The Morgan fingerprint density at radius 3 is 2.50 bits per heavy atom. The fourth-order valence-electron chi connectivity index (χ4n) is 4.04. The molecular weight excluding hydrogens is 318 g/mol. The van der Waals surface area contributed by atoms with Crippen LogP contribution in [0.2, 0.25) is 5.02 Å². The summed E-state index contributed by atoms with van der Waals surface area (Å²) in [5, 5.41) is 1.97. The van der Waals surface area contributed by atoms with Crippen LogP contribution in [-0.2, 0) is 16.8 Å². The first-order valence-electron chi connectivity index (χ1n) is 8.52. The lowest BCUT2D eigenvalue weighted by Gasteiger charge is -2.21. The number of carbonyl (C=O) groups is 1. The Bertz CT molecular complexity index is 890. The van der Waals surface area contributed by atoms with Crippen LogP contribution in [0.3, 0.4) is 0 Å². The van der Waals surface area contributed by atoms with Crippen LogP contribution in [0.15, 0.2) is 54.7 Å². The largest absolute Gasteiger partial charge is 0.343 e. The molecule has 2 nitrogen and oxygen atoms in total. The van der Waals surface area contributed by atoms with Crippen molar-refractivity contribution in [3.63, 3.8) is 0 Å². The summed E-state index contributed by atoms with van der Waals surface area (Å²) in [5.41, 5.74) is 3.13. The zero-order chi connectivity index (χ0) is 16.6. The van der Waals surface area contributed by atoms with Crippen molar-refractivity contribution in [3.8, 4) is 0 Å². The van der Waals surface area contributed by atoms with Crippen molar-refractivity contribution >= 4 is 28.8 Å². The first-order valence-corrected chi connectivity index (χ1v) is 8.89. The van der Waals surface area contributed by atoms with Crippen LogP contribution >= 0.6 is 11.6 Å². The van der Waals surface area contributed by atoms with Crippen molar-refractivity contribution in [2.45, 2.75) is 37.6 Å². The van der Waals surface area contributed by atoms with E-state index in [0.29, 0.717) is 0 Å². The Hall–Kier alpha value is -2.06. The van der Waals surface area contributed by atoms with Gasteiger partial charge in [-0.3, -0.25) is 0 Å². The Morgan fingerprint density at radius 2 is 1.75 bits per heavy atom. The van der Waals surface area contributed by atoms with E-state index in [9.17, 15) is 4.79 Å². The van der Waals surface area contributed by atoms with Crippen LogP contribution < -0.4 is 0 Å². The number of carbonyl (C=O) groups excluding carboxylic acids is 1. The van der Waals surface area contributed by atoms with E-state index < -0.39 is 0 Å². The minimum atomic E-state index is -0.314. The molecule has 24 heavy (non-hydrogen) atoms. The van der Waals surface area contributed by atoms with E-state index in [1.807, 2.05) is 18.2 Å². The normalized spacial score (nSPS) is 16.5. The number of rotatable bonds is 4. The molecule has 1 aliphatic rings. The Labute approximate surface area is 147 Å². The monoisotopic (exact) mass is 337 g/mol. The Morgan fingerprint density at radius 1 is 1.04 bits per heavy atom. The molecule has 4 rings (SSSR count). The van der Waals surface area contributed by atoms with Gasteiger partial charge in [0.1, 0.15) is 6.29 Å². The van der Waals surface area contributed by atoms with E-state index >= 15 is 0 Å². The highest BCUT2D eigenvalue weighted by molar-refractivity contribution is 6.31. The minimum absolute atomic E-state index is 0.314. The van der Waals surface area contributed by atoms with Crippen LogP contribution in [-0.4, -0.2) is 10.9 Å². The predicted octanol–water partition coefficient (Wildman–Crippen LogP) is 5.35. The summed E-state index contributed by atoms with van der Waals surface area (Å²) in [7, 11) is 0. The molecule has 0 unspecified atom stereocenters. The van der Waals surface area contributed by atoms with Gasteiger partial charge in [-0.2, -0.15) is 0 Å². The summed E-state index contributed by atoms with van der Waals surface area (Å²) in [5.74, 6) is 0. The average Bonchev–Trinajstić information content (AvgIpc) is 3.23. The molecule has 1 heterocycles. The van der Waals surface area contributed by atoms with Crippen LogP contribution in [0.5, 0.6) is 0 Å². The van der Waals surface area contributed by atoms with Gasteiger partial charge >= 0.3 is 0 Å². The number of hydrogen-bond donors (Lipinski definition) is 0. The zero-order valence-electron chi connectivity index (χ0n) is 13.5. The molecule has 1 aromatic heterocycles. The van der Waals surface area contributed by atoms with Crippen molar-refractivity contribution in [1.82, 2.24) is 4.57 Å². The molecule has 1 saturated carbocycles. The lowest BCUT2D eigenvalue weighted by Crippen LogP contribution is -2.23. The molecule has 0 radical (unpaired) electrons. The first-order chi connectivity index (χ1) is 11.7. The molecule has 3 aromatic rings. The number of halogens is 1. The zero-order valence-corrected chi connectivity index (χ0v) is 14.3. The van der Waals surface area contributed by atoms with Crippen molar-refractivity contribution in [2.24, 2.45) is 0 Å². The summed E-state index contributed by atoms with van der Waals surface area (Å²) >= 11 is 6.34. The number of para-hydroxylation sites is 1. The number of nitrogens with zero attached hydrogens (tertiary/aromatic N) is 1. The molecule has 0 spiro atoms. The third-order valence-corrected chi connectivity index (χ3v) is 5.71. The molecule has 1 fully saturated rings. The van der Waals surface area contributed by atoms with Gasteiger partial charge in [-0.15, -0.1) is 0 Å². The van der Waals surface area contributed by atoms with E-state index in [-0.39, 0.29) is 5.41 Å². The highest BCUT2D eigenvalue weighted by Crippen LogP contribution is 2.43. The summed E-state index contributed by atoms with van der Waals surface area (Å²) in [6.07, 6.45) is 7.52. The number of fused-ring (bicyclic) bond motifs is 1. The molecule has 1 aliphatic carbocycles. The van der Waals surface area contributed by atoms with Crippen LogP contribution in [0.4, 0.5) is 0 Å². The highest BCUT2D eigenvalue weighted by atomic mass is 35.5. The van der Waals surface area contributed by atoms with Crippen molar-refractivity contribution in [3.05, 3.63) is 70.9 Å². The first kappa shape index (κ1) is 15.5. The summed E-state index contributed by atoms with van der Waals surface area (Å²) < 4.78 is 2.23. The molecule has 0 atom stereocenters. The summed E-state index contributed by atoms with van der Waals surface area (Å²) in [4.78, 5) is 12.0. The van der Waals surface area contributed by atoms with Crippen molar-refractivity contribution in [1.29, 1.82) is 0 Å². The van der Waals surface area contributed by atoms with Crippen molar-refractivity contribution in [2.75, 3.05) is 0 Å². The smallest absolute Gasteiger partial charge is 0.130 e. The standard InChI is InChI=1S/C21H20ClNO/c22-19-9-3-1-7-16(19)13-23-14-18(17-8-2-4-10-20(17)23)21(15-24)11-5-6-12-21/h1-4,7-10,14-15H,5-6,11-13H2. The maximum absolute atomic E-state index is 12.0. The summed E-state index contributed by atoms with van der Waals surface area (Å²) in [6.45, 7) is 0.717. The molecule has 122 valence electrons. The molecule has 3 heteroatoms. The highest BCUT2D eigenvalue weighted by Gasteiger charge is 2.37. The fourth-order valence-corrected chi connectivity index (χ4v) is 4.24. The third kappa shape index (κ3) is 2.46. The molecule has 0 amide bonds. The molecular formula is C21H20ClNO. The van der Waals surface area contributed by atoms with Gasteiger partial charge in [-0.1, -0.05) is 60.8 Å². The maximum atomic E-state index is 12.0. The van der Waals surface area contributed by atoms with Crippen LogP contribution in [0.25, 0.3) is 10.9 Å². The fraction of sp³-hybridized carbons (Fsp3) is 0.286. The van der Waals surface area contributed by atoms with E-state index in [1.165, 1.54) is 22.8 Å². The summed E-state index contributed by atoms with van der Waals surface area (Å²) in [6, 6.07) is 16.3. The van der Waals surface area contributed by atoms with Gasteiger partial charge in [0, 0.05) is 28.7 Å². The predicted molar refractivity (Wildman–Crippen MR) is 98.7 cm³/mol. The molecule has 0 aliphatic heterocycles. The number of aldehydes is 1. The molecule has 2 aromatic carbocycles. The van der Waals surface area contributed by atoms with Crippen molar-refractivity contribution < 1.29 is 4.79 Å². The second-order valence-corrected chi connectivity index (χ2v) is 7.17. The number of hydrogen-bond acceptors (Lipinski definition) is 1. The van der Waals surface area contributed by atoms with Gasteiger partial charge in [0.05, 0.1) is 5.41 Å². The lowest BCUT2D eigenvalue weighted by atomic mass is 9.80. The molecule has 0 N–H and O–H groups in total. The van der Waals surface area contributed by atoms with Gasteiger partial charge in [-0.05, 0) is 36.1 Å². The van der Waals surface area contributed by atoms with E-state index in [2.05, 4.69) is 41.1 Å². The van der Waals surface area contributed by atoms with Gasteiger partial charge < -0.3 is 9.36 Å². The Kier molecular flexibility index (Phi) is 3.93. The maximum Gasteiger partial charge on any atom is 0.130 e. The molecule has 0 bridgehead atoms. The van der Waals surface area contributed by atoms with E-state index in [0.717, 1.165) is 42.8 Å². The van der Waals surface area contributed by atoms with Gasteiger partial charge in [-0.25, -0.2) is 0 Å².